The van der Waals surface area contributed by atoms with Crippen LogP contribution < -0.4 is 0 Å². The van der Waals surface area contributed by atoms with Gasteiger partial charge in [-0.05, 0) is 72.1 Å². The number of rotatable bonds is 2. The third kappa shape index (κ3) is 2.73. The second kappa shape index (κ2) is 6.06. The van der Waals surface area contributed by atoms with Crippen molar-refractivity contribution in [1.82, 2.24) is 9.47 Å². The molecule has 0 unspecified atom stereocenters. The van der Waals surface area contributed by atoms with Gasteiger partial charge in [-0.3, -0.25) is 0 Å². The zero-order valence-corrected chi connectivity index (χ0v) is 17.3. The lowest BCUT2D eigenvalue weighted by atomic mass is 9.97. The van der Waals surface area contributed by atoms with Gasteiger partial charge < -0.3 is 9.47 Å². The Balaban J connectivity index is 1.66. The van der Waals surface area contributed by atoms with Gasteiger partial charge in [0, 0.05) is 43.4 Å². The zero-order valence-electron chi connectivity index (χ0n) is 16.5. The van der Waals surface area contributed by atoms with Gasteiger partial charge in [0.05, 0.1) is 10.4 Å². The van der Waals surface area contributed by atoms with Crippen LogP contribution in [0.25, 0.3) is 22.6 Å². The Hall–Kier alpha value is -2.37. The summed E-state index contributed by atoms with van der Waals surface area (Å²) in [7, 11) is -0.985. The van der Waals surface area contributed by atoms with Crippen molar-refractivity contribution in [2.24, 2.45) is 0 Å². The molecule has 28 heavy (non-hydrogen) atoms. The molecule has 3 heterocycles. The molecule has 0 amide bonds. The molecule has 3 aromatic rings. The third-order valence-corrected chi connectivity index (χ3v) is 7.15. The minimum atomic E-state index is -3.17. The standard InChI is InChI=1S/C23H24N2O2S/c1-15-10-17-12-18(16-4-6-19(7-5-16)28(3,26)27)13-25-22-8-9-24(2)14-21(22)20(11-15)23(17)25/h4-7,10-12H,8-9,13-14H2,1-3H3. The number of likely N-dealkylation sites (N-methyl/N-ethyl adjacent to an activating group) is 1. The molecule has 5 heteroatoms. The molecule has 4 nitrogen and oxygen atoms in total. The molecule has 2 aliphatic rings. The quantitative estimate of drug-likeness (QED) is 0.664. The predicted octanol–water partition coefficient (Wildman–Crippen LogP) is 3.90. The molecule has 0 bridgehead atoms. The van der Waals surface area contributed by atoms with Crippen LogP contribution in [-0.2, 0) is 29.3 Å². The number of hydrogen-bond acceptors (Lipinski definition) is 3. The van der Waals surface area contributed by atoms with Crippen molar-refractivity contribution in [3.8, 4) is 0 Å². The topological polar surface area (TPSA) is 42.3 Å². The summed E-state index contributed by atoms with van der Waals surface area (Å²) in [6, 6.07) is 11.9. The van der Waals surface area contributed by atoms with Gasteiger partial charge in [-0.15, -0.1) is 0 Å². The van der Waals surface area contributed by atoms with Gasteiger partial charge in [0.2, 0.25) is 0 Å². The third-order valence-electron chi connectivity index (χ3n) is 6.02. The maximum absolute atomic E-state index is 11.8. The van der Waals surface area contributed by atoms with E-state index in [4.69, 9.17) is 0 Å². The van der Waals surface area contributed by atoms with Crippen LogP contribution >= 0.6 is 0 Å². The maximum atomic E-state index is 11.8. The first kappa shape index (κ1) is 17.7. The van der Waals surface area contributed by atoms with Crippen LogP contribution in [0.3, 0.4) is 0 Å². The number of benzene rings is 2. The van der Waals surface area contributed by atoms with E-state index in [2.05, 4.69) is 41.6 Å². The van der Waals surface area contributed by atoms with Gasteiger partial charge in [0.25, 0.3) is 0 Å². The fraction of sp³-hybridized carbons (Fsp3) is 0.304. The molecule has 0 aliphatic carbocycles. The lowest BCUT2D eigenvalue weighted by Crippen LogP contribution is -2.27. The van der Waals surface area contributed by atoms with Crippen molar-refractivity contribution < 1.29 is 8.42 Å². The Labute approximate surface area is 166 Å². The van der Waals surface area contributed by atoms with Gasteiger partial charge in [-0.1, -0.05) is 12.1 Å². The molecule has 2 aliphatic heterocycles. The van der Waals surface area contributed by atoms with Crippen molar-refractivity contribution >= 4 is 32.4 Å². The van der Waals surface area contributed by atoms with E-state index in [9.17, 15) is 8.42 Å². The van der Waals surface area contributed by atoms with E-state index in [1.165, 1.54) is 45.1 Å². The highest BCUT2D eigenvalue weighted by molar-refractivity contribution is 7.90. The molecule has 2 aromatic carbocycles. The average molecular weight is 393 g/mol. The van der Waals surface area contributed by atoms with Crippen LogP contribution in [0.2, 0.25) is 0 Å². The fourth-order valence-corrected chi connectivity index (χ4v) is 5.31. The number of fused-ring (bicyclic) bond motifs is 3. The number of hydrogen-bond donors (Lipinski definition) is 0. The molecule has 0 saturated carbocycles. The summed E-state index contributed by atoms with van der Waals surface area (Å²) in [6.07, 6.45) is 4.60. The van der Waals surface area contributed by atoms with Crippen LogP contribution in [0.5, 0.6) is 0 Å². The molecule has 0 fully saturated rings. The van der Waals surface area contributed by atoms with Crippen LogP contribution in [0.15, 0.2) is 41.3 Å². The second-order valence-corrected chi connectivity index (χ2v) is 10.2. The zero-order chi connectivity index (χ0) is 19.6. The normalized spacial score (nSPS) is 16.9. The van der Waals surface area contributed by atoms with Gasteiger partial charge in [-0.2, -0.15) is 0 Å². The van der Waals surface area contributed by atoms with Crippen molar-refractivity contribution in [2.45, 2.75) is 31.3 Å². The summed E-state index contributed by atoms with van der Waals surface area (Å²) in [6.45, 7) is 5.08. The number of allylic oxidation sites excluding steroid dienone is 1. The number of aryl methyl sites for hydroxylation is 1. The van der Waals surface area contributed by atoms with Crippen LogP contribution in [-0.4, -0.2) is 37.7 Å². The van der Waals surface area contributed by atoms with E-state index in [0.717, 1.165) is 31.6 Å². The Morgan fingerprint density at radius 2 is 1.79 bits per heavy atom. The average Bonchev–Trinajstić information content (AvgIpc) is 2.95. The van der Waals surface area contributed by atoms with E-state index >= 15 is 0 Å². The smallest absolute Gasteiger partial charge is 0.175 e. The molecule has 0 radical (unpaired) electrons. The Morgan fingerprint density at radius 3 is 2.50 bits per heavy atom. The Bertz CT molecular complexity index is 1250. The molecule has 0 saturated heterocycles. The lowest BCUT2D eigenvalue weighted by molar-refractivity contribution is 0.310. The monoisotopic (exact) mass is 392 g/mol. The SMILES string of the molecule is Cc1cc2c3c(c1)c1c(n3CC(c3ccc(S(C)(=O)=O)cc3)=C2)CCN(C)C1. The van der Waals surface area contributed by atoms with Crippen molar-refractivity contribution in [1.29, 1.82) is 0 Å². The molecular formula is C23H24N2O2S. The van der Waals surface area contributed by atoms with Crippen molar-refractivity contribution in [3.05, 3.63) is 64.3 Å². The first-order chi connectivity index (χ1) is 13.3. The summed E-state index contributed by atoms with van der Waals surface area (Å²) in [4.78, 5) is 2.76. The largest absolute Gasteiger partial charge is 0.339 e. The summed E-state index contributed by atoms with van der Waals surface area (Å²) in [5.74, 6) is 0. The van der Waals surface area contributed by atoms with E-state index in [1.807, 2.05) is 12.1 Å². The lowest BCUT2D eigenvalue weighted by Gasteiger charge is -2.25. The molecule has 5 rings (SSSR count). The summed E-state index contributed by atoms with van der Waals surface area (Å²) in [5.41, 5.74) is 9.14. The Morgan fingerprint density at radius 1 is 1.04 bits per heavy atom. The highest BCUT2D eigenvalue weighted by Crippen LogP contribution is 2.39. The van der Waals surface area contributed by atoms with Gasteiger partial charge in [0.15, 0.2) is 9.84 Å². The predicted molar refractivity (Wildman–Crippen MR) is 114 cm³/mol. The Kier molecular flexibility index (Phi) is 3.83. The summed E-state index contributed by atoms with van der Waals surface area (Å²) in [5, 5.41) is 1.39. The maximum Gasteiger partial charge on any atom is 0.175 e. The van der Waals surface area contributed by atoms with Crippen LogP contribution in [0.4, 0.5) is 0 Å². The number of nitrogens with zero attached hydrogens (tertiary/aromatic N) is 2. The first-order valence-electron chi connectivity index (χ1n) is 9.65. The van der Waals surface area contributed by atoms with Crippen molar-refractivity contribution in [3.63, 3.8) is 0 Å². The van der Waals surface area contributed by atoms with Gasteiger partial charge >= 0.3 is 0 Å². The second-order valence-electron chi connectivity index (χ2n) is 8.22. The fourth-order valence-electron chi connectivity index (χ4n) is 4.68. The van der Waals surface area contributed by atoms with Gasteiger partial charge in [0.1, 0.15) is 0 Å². The molecule has 0 N–H and O–H groups in total. The highest BCUT2D eigenvalue weighted by atomic mass is 32.2. The van der Waals surface area contributed by atoms with Gasteiger partial charge in [-0.25, -0.2) is 8.42 Å². The first-order valence-corrected chi connectivity index (χ1v) is 11.5. The summed E-state index contributed by atoms with van der Waals surface area (Å²) >= 11 is 0. The number of sulfone groups is 1. The highest BCUT2D eigenvalue weighted by Gasteiger charge is 2.26. The van der Waals surface area contributed by atoms with E-state index in [-0.39, 0.29) is 0 Å². The van der Waals surface area contributed by atoms with E-state index < -0.39 is 9.84 Å². The molecule has 144 valence electrons. The number of aromatic nitrogens is 1. The molecule has 1 aromatic heterocycles. The molecular weight excluding hydrogens is 368 g/mol. The van der Waals surface area contributed by atoms with Crippen LogP contribution in [0, 0.1) is 6.92 Å². The van der Waals surface area contributed by atoms with E-state index in [0.29, 0.717) is 4.90 Å². The summed E-state index contributed by atoms with van der Waals surface area (Å²) < 4.78 is 26.0. The van der Waals surface area contributed by atoms with E-state index in [1.54, 1.807) is 12.1 Å². The van der Waals surface area contributed by atoms with Crippen molar-refractivity contribution in [2.75, 3.05) is 19.8 Å². The minimum Gasteiger partial charge on any atom is -0.339 e. The molecule has 0 atom stereocenters. The molecule has 0 spiro atoms. The van der Waals surface area contributed by atoms with Crippen LogP contribution in [0.1, 0.15) is 27.9 Å². The minimum absolute atomic E-state index is 0.368.